The molecule has 0 amide bonds. The zero-order valence-electron chi connectivity index (χ0n) is 7.86. The van der Waals surface area contributed by atoms with Gasteiger partial charge in [-0.3, -0.25) is 4.79 Å². The van der Waals surface area contributed by atoms with E-state index in [0.717, 1.165) is 0 Å². The summed E-state index contributed by atoms with van der Waals surface area (Å²) >= 11 is 0. The molecule has 0 heterocycles. The standard InChI is InChI=1S/C10H12O4/c1-2-14-9-4-7(5-10(12)13)3-8(11)6-9/h3-4,6,11H,2,5H2,1H3,(H,12,13). The second kappa shape index (κ2) is 4.50. The van der Waals surface area contributed by atoms with E-state index in [4.69, 9.17) is 9.84 Å². The summed E-state index contributed by atoms with van der Waals surface area (Å²) in [7, 11) is 0. The molecule has 0 aliphatic heterocycles. The quantitative estimate of drug-likeness (QED) is 0.764. The summed E-state index contributed by atoms with van der Waals surface area (Å²) < 4.78 is 5.16. The normalized spacial score (nSPS) is 9.79. The first-order valence-corrected chi connectivity index (χ1v) is 4.29. The van der Waals surface area contributed by atoms with E-state index in [1.54, 1.807) is 6.07 Å². The lowest BCUT2D eigenvalue weighted by atomic mass is 10.1. The third-order valence-corrected chi connectivity index (χ3v) is 1.62. The molecule has 1 aromatic rings. The number of carbonyl (C=O) groups is 1. The van der Waals surface area contributed by atoms with E-state index in [2.05, 4.69) is 0 Å². The van der Waals surface area contributed by atoms with E-state index in [-0.39, 0.29) is 12.2 Å². The molecule has 1 rings (SSSR count). The molecule has 14 heavy (non-hydrogen) atoms. The van der Waals surface area contributed by atoms with Gasteiger partial charge in [0.05, 0.1) is 13.0 Å². The van der Waals surface area contributed by atoms with Gasteiger partial charge in [-0.1, -0.05) is 0 Å². The third kappa shape index (κ3) is 2.97. The minimum absolute atomic E-state index is 0.0206. The van der Waals surface area contributed by atoms with Crippen molar-refractivity contribution in [3.8, 4) is 11.5 Å². The van der Waals surface area contributed by atoms with Crippen LogP contribution in [0.25, 0.3) is 0 Å². The van der Waals surface area contributed by atoms with E-state index < -0.39 is 5.97 Å². The van der Waals surface area contributed by atoms with Crippen molar-refractivity contribution in [2.75, 3.05) is 6.61 Å². The minimum Gasteiger partial charge on any atom is -0.508 e. The first-order valence-electron chi connectivity index (χ1n) is 4.29. The highest BCUT2D eigenvalue weighted by atomic mass is 16.5. The van der Waals surface area contributed by atoms with Crippen molar-refractivity contribution < 1.29 is 19.7 Å². The predicted octanol–water partition coefficient (Wildman–Crippen LogP) is 1.42. The Labute approximate surface area is 81.8 Å². The molecule has 4 nitrogen and oxygen atoms in total. The molecule has 0 aliphatic rings. The van der Waals surface area contributed by atoms with Crippen LogP contribution in [0.5, 0.6) is 11.5 Å². The van der Waals surface area contributed by atoms with Crippen molar-refractivity contribution in [3.63, 3.8) is 0 Å². The van der Waals surface area contributed by atoms with Gasteiger partial charge in [-0.25, -0.2) is 0 Å². The summed E-state index contributed by atoms with van der Waals surface area (Å²) in [5.41, 5.74) is 0.529. The topological polar surface area (TPSA) is 66.8 Å². The van der Waals surface area contributed by atoms with Crippen LogP contribution in [0.2, 0.25) is 0 Å². The number of ether oxygens (including phenoxy) is 1. The summed E-state index contributed by atoms with van der Waals surface area (Å²) in [6.45, 7) is 2.30. The number of aliphatic carboxylic acids is 1. The molecule has 4 heteroatoms. The van der Waals surface area contributed by atoms with Crippen LogP contribution in [-0.2, 0) is 11.2 Å². The number of phenols is 1. The van der Waals surface area contributed by atoms with Gasteiger partial charge in [-0.2, -0.15) is 0 Å². The van der Waals surface area contributed by atoms with Crippen LogP contribution >= 0.6 is 0 Å². The van der Waals surface area contributed by atoms with Crippen LogP contribution < -0.4 is 4.74 Å². The van der Waals surface area contributed by atoms with Crippen LogP contribution in [0.15, 0.2) is 18.2 Å². The summed E-state index contributed by atoms with van der Waals surface area (Å²) in [6.07, 6.45) is -0.117. The van der Waals surface area contributed by atoms with Gasteiger partial charge >= 0.3 is 5.97 Å². The Morgan fingerprint density at radius 1 is 1.43 bits per heavy atom. The molecule has 0 saturated heterocycles. The number of aromatic hydroxyl groups is 1. The van der Waals surface area contributed by atoms with Crippen molar-refractivity contribution in [1.29, 1.82) is 0 Å². The number of hydrogen-bond acceptors (Lipinski definition) is 3. The molecule has 0 unspecified atom stereocenters. The number of rotatable bonds is 4. The Bertz CT molecular complexity index is 333. The van der Waals surface area contributed by atoms with Gasteiger partial charge in [0.2, 0.25) is 0 Å². The third-order valence-electron chi connectivity index (χ3n) is 1.62. The van der Waals surface area contributed by atoms with Crippen LogP contribution in [-0.4, -0.2) is 22.8 Å². The van der Waals surface area contributed by atoms with Crippen LogP contribution in [0, 0.1) is 0 Å². The predicted molar refractivity (Wildman–Crippen MR) is 50.6 cm³/mol. The molecule has 1 aromatic carbocycles. The van der Waals surface area contributed by atoms with E-state index >= 15 is 0 Å². The molecule has 76 valence electrons. The zero-order valence-corrected chi connectivity index (χ0v) is 7.86. The Morgan fingerprint density at radius 2 is 2.14 bits per heavy atom. The average Bonchev–Trinajstić information content (AvgIpc) is 2.01. The Balaban J connectivity index is 2.88. The molecular formula is C10H12O4. The molecule has 0 spiro atoms. The number of benzene rings is 1. The molecule has 0 atom stereocenters. The van der Waals surface area contributed by atoms with Crippen molar-refractivity contribution in [1.82, 2.24) is 0 Å². The largest absolute Gasteiger partial charge is 0.508 e. The lowest BCUT2D eigenvalue weighted by molar-refractivity contribution is -0.136. The summed E-state index contributed by atoms with van der Waals surface area (Å²) in [5.74, 6) is -0.422. The molecule has 0 saturated carbocycles. The fourth-order valence-corrected chi connectivity index (χ4v) is 1.17. The first-order chi connectivity index (χ1) is 6.61. The van der Waals surface area contributed by atoms with Gasteiger partial charge in [-0.15, -0.1) is 0 Å². The summed E-state index contributed by atoms with van der Waals surface area (Å²) in [4.78, 5) is 10.4. The molecule has 2 N–H and O–H groups in total. The van der Waals surface area contributed by atoms with E-state index in [1.807, 2.05) is 6.92 Å². The molecule has 0 bridgehead atoms. The van der Waals surface area contributed by atoms with Gasteiger partial charge in [0.25, 0.3) is 0 Å². The Hall–Kier alpha value is -1.71. The molecule has 0 aromatic heterocycles. The summed E-state index contributed by atoms with van der Waals surface area (Å²) in [5, 5.41) is 17.8. The highest BCUT2D eigenvalue weighted by Crippen LogP contribution is 2.22. The highest BCUT2D eigenvalue weighted by Gasteiger charge is 2.04. The van der Waals surface area contributed by atoms with Crippen molar-refractivity contribution in [2.24, 2.45) is 0 Å². The fourth-order valence-electron chi connectivity index (χ4n) is 1.17. The van der Waals surface area contributed by atoms with Crippen LogP contribution in [0.3, 0.4) is 0 Å². The fraction of sp³-hybridized carbons (Fsp3) is 0.300. The van der Waals surface area contributed by atoms with Crippen LogP contribution in [0.4, 0.5) is 0 Å². The van der Waals surface area contributed by atoms with Crippen LogP contribution in [0.1, 0.15) is 12.5 Å². The number of carboxylic acid groups (broad SMARTS) is 1. The van der Waals surface area contributed by atoms with Gasteiger partial charge < -0.3 is 14.9 Å². The number of carboxylic acids is 1. The Morgan fingerprint density at radius 3 is 2.71 bits per heavy atom. The molecular weight excluding hydrogens is 184 g/mol. The smallest absolute Gasteiger partial charge is 0.307 e. The van der Waals surface area contributed by atoms with Gasteiger partial charge in [0.1, 0.15) is 11.5 Å². The first kappa shape index (κ1) is 10.4. The summed E-state index contributed by atoms with van der Waals surface area (Å²) in [6, 6.07) is 4.48. The van der Waals surface area contributed by atoms with Gasteiger partial charge in [0.15, 0.2) is 0 Å². The monoisotopic (exact) mass is 196 g/mol. The minimum atomic E-state index is -0.932. The molecule has 0 radical (unpaired) electrons. The van der Waals surface area contributed by atoms with Crippen molar-refractivity contribution in [3.05, 3.63) is 23.8 Å². The van der Waals surface area contributed by atoms with E-state index in [0.29, 0.717) is 17.9 Å². The molecule has 0 fully saturated rings. The van der Waals surface area contributed by atoms with E-state index in [9.17, 15) is 9.90 Å². The zero-order chi connectivity index (χ0) is 10.6. The highest BCUT2D eigenvalue weighted by molar-refractivity contribution is 5.70. The van der Waals surface area contributed by atoms with Crippen molar-refractivity contribution in [2.45, 2.75) is 13.3 Å². The van der Waals surface area contributed by atoms with E-state index in [1.165, 1.54) is 12.1 Å². The van der Waals surface area contributed by atoms with Crippen molar-refractivity contribution >= 4 is 5.97 Å². The second-order valence-corrected chi connectivity index (χ2v) is 2.84. The Kier molecular flexibility index (Phi) is 3.34. The number of hydrogen-bond donors (Lipinski definition) is 2. The average molecular weight is 196 g/mol. The SMILES string of the molecule is CCOc1cc(O)cc(CC(=O)O)c1. The molecule has 0 aliphatic carbocycles. The maximum absolute atomic E-state index is 10.4. The second-order valence-electron chi connectivity index (χ2n) is 2.84. The van der Waals surface area contributed by atoms with Gasteiger partial charge in [0, 0.05) is 6.07 Å². The maximum Gasteiger partial charge on any atom is 0.307 e. The lowest BCUT2D eigenvalue weighted by Gasteiger charge is -2.05. The van der Waals surface area contributed by atoms with Gasteiger partial charge in [-0.05, 0) is 24.6 Å². The number of phenolic OH excluding ortho intramolecular Hbond substituents is 1. The maximum atomic E-state index is 10.4. The lowest BCUT2D eigenvalue weighted by Crippen LogP contribution is -2.00.